The summed E-state index contributed by atoms with van der Waals surface area (Å²) in [5.41, 5.74) is 1.83. The van der Waals surface area contributed by atoms with Crippen LogP contribution >= 0.6 is 0 Å². The number of rotatable bonds is 6. The molecule has 0 radical (unpaired) electrons. The van der Waals surface area contributed by atoms with Crippen molar-refractivity contribution in [2.75, 3.05) is 10.6 Å². The van der Waals surface area contributed by atoms with Crippen LogP contribution in [0.15, 0.2) is 83.0 Å². The van der Waals surface area contributed by atoms with E-state index in [1.165, 1.54) is 28.8 Å². The number of hydrogen-bond acceptors (Lipinski definition) is 6. The van der Waals surface area contributed by atoms with Crippen molar-refractivity contribution < 1.29 is 29.4 Å². The van der Waals surface area contributed by atoms with Gasteiger partial charge in [0.05, 0.1) is 11.1 Å². The zero-order valence-corrected chi connectivity index (χ0v) is 19.5. The van der Waals surface area contributed by atoms with Crippen molar-refractivity contribution in [3.8, 4) is 5.88 Å². The lowest BCUT2D eigenvalue weighted by Crippen LogP contribution is -2.20. The number of aryl methyl sites for hydroxylation is 1. The molecule has 0 saturated carbocycles. The van der Waals surface area contributed by atoms with Gasteiger partial charge in [-0.3, -0.25) is 14.4 Å². The number of para-hydroxylation sites is 1. The molecular weight excluding hydrogens is 478 g/mol. The smallest absolute Gasteiger partial charge is 0.353 e. The molecule has 0 atom stereocenters. The molecule has 11 nitrogen and oxygen atoms in total. The van der Waals surface area contributed by atoms with Crippen molar-refractivity contribution in [1.82, 2.24) is 4.57 Å². The van der Waals surface area contributed by atoms with Crippen LogP contribution in [-0.4, -0.2) is 38.5 Å². The number of carboxylic acid groups (broad SMARTS) is 1. The molecule has 4 N–H and O–H groups in total. The third-order valence-electron chi connectivity index (χ3n) is 5.33. The van der Waals surface area contributed by atoms with Crippen molar-refractivity contribution in [1.29, 1.82) is 0 Å². The maximum absolute atomic E-state index is 12.6. The SMILES string of the molecule is Cc1ccc2c(c1)c(N=NC(=O)C(=O)Nc1cccc(C(=O)O)c1)c(O)n2CC(=O)Nc1ccccc1. The van der Waals surface area contributed by atoms with Crippen molar-refractivity contribution in [3.63, 3.8) is 0 Å². The van der Waals surface area contributed by atoms with Crippen molar-refractivity contribution in [2.45, 2.75) is 13.5 Å². The quantitative estimate of drug-likeness (QED) is 0.229. The van der Waals surface area contributed by atoms with Gasteiger partial charge in [-0.05, 0) is 49.4 Å². The Morgan fingerprint density at radius 3 is 2.35 bits per heavy atom. The van der Waals surface area contributed by atoms with E-state index < -0.39 is 29.6 Å². The maximum atomic E-state index is 12.6. The summed E-state index contributed by atoms with van der Waals surface area (Å²) in [4.78, 5) is 48.3. The molecule has 3 amide bonds. The van der Waals surface area contributed by atoms with Gasteiger partial charge >= 0.3 is 17.8 Å². The van der Waals surface area contributed by atoms with Gasteiger partial charge in [-0.2, -0.15) is 0 Å². The van der Waals surface area contributed by atoms with Gasteiger partial charge in [0.1, 0.15) is 6.54 Å². The number of nitrogens with zero attached hydrogens (tertiary/aromatic N) is 3. The predicted molar refractivity (Wildman–Crippen MR) is 135 cm³/mol. The molecule has 11 heteroatoms. The molecule has 3 aromatic carbocycles. The lowest BCUT2D eigenvalue weighted by atomic mass is 10.1. The number of nitrogens with one attached hydrogen (secondary N) is 2. The number of carbonyl (C=O) groups excluding carboxylic acids is 3. The number of anilines is 2. The maximum Gasteiger partial charge on any atom is 0.353 e. The van der Waals surface area contributed by atoms with Crippen LogP contribution in [0.2, 0.25) is 0 Å². The Bertz CT molecular complexity index is 1560. The van der Waals surface area contributed by atoms with Gasteiger partial charge in [0.15, 0.2) is 5.69 Å². The summed E-state index contributed by atoms with van der Waals surface area (Å²) in [5.74, 6) is -4.42. The second kappa shape index (κ2) is 10.5. The number of aromatic carboxylic acids is 1. The van der Waals surface area contributed by atoms with E-state index in [0.29, 0.717) is 16.6 Å². The molecule has 0 bridgehead atoms. The molecule has 0 aliphatic heterocycles. The molecule has 0 saturated heterocycles. The molecule has 1 aromatic heterocycles. The van der Waals surface area contributed by atoms with Crippen LogP contribution in [0.1, 0.15) is 15.9 Å². The van der Waals surface area contributed by atoms with Crippen LogP contribution in [0.25, 0.3) is 10.9 Å². The fourth-order valence-corrected chi connectivity index (χ4v) is 3.62. The van der Waals surface area contributed by atoms with Gasteiger partial charge in [-0.1, -0.05) is 35.9 Å². The highest BCUT2D eigenvalue weighted by atomic mass is 16.4. The van der Waals surface area contributed by atoms with Gasteiger partial charge in [0, 0.05) is 16.8 Å². The number of amides is 3. The number of azo groups is 1. The third-order valence-corrected chi connectivity index (χ3v) is 5.33. The van der Waals surface area contributed by atoms with E-state index in [1.807, 2.05) is 13.0 Å². The first-order chi connectivity index (χ1) is 17.7. The van der Waals surface area contributed by atoms with E-state index in [4.69, 9.17) is 5.11 Å². The van der Waals surface area contributed by atoms with Gasteiger partial charge in [0.25, 0.3) is 0 Å². The summed E-state index contributed by atoms with van der Waals surface area (Å²) in [6.45, 7) is 1.57. The lowest BCUT2D eigenvalue weighted by molar-refractivity contribution is -0.134. The first-order valence-electron chi connectivity index (χ1n) is 11.0. The van der Waals surface area contributed by atoms with Crippen molar-refractivity contribution in [3.05, 3.63) is 83.9 Å². The molecular formula is C26H21N5O6. The van der Waals surface area contributed by atoms with Gasteiger partial charge in [-0.25, -0.2) is 4.79 Å². The Labute approximate surface area is 210 Å². The Hall–Kier alpha value is -5.32. The predicted octanol–water partition coefficient (Wildman–Crippen LogP) is 4.24. The van der Waals surface area contributed by atoms with Crippen LogP contribution in [-0.2, 0) is 20.9 Å². The summed E-state index contributed by atoms with van der Waals surface area (Å²) in [5, 5.41) is 32.6. The zero-order valence-electron chi connectivity index (χ0n) is 19.5. The highest BCUT2D eigenvalue weighted by molar-refractivity contribution is 6.40. The number of aromatic hydroxyl groups is 1. The number of carboxylic acids is 1. The Morgan fingerprint density at radius 1 is 0.892 bits per heavy atom. The molecule has 186 valence electrons. The van der Waals surface area contributed by atoms with E-state index >= 15 is 0 Å². The second-order valence-corrected chi connectivity index (χ2v) is 8.04. The van der Waals surface area contributed by atoms with Crippen molar-refractivity contribution >= 4 is 51.7 Å². The Morgan fingerprint density at radius 2 is 1.62 bits per heavy atom. The molecule has 4 aromatic rings. The minimum Gasteiger partial charge on any atom is -0.493 e. The highest BCUT2D eigenvalue weighted by Gasteiger charge is 2.20. The minimum atomic E-state index is -1.27. The van der Waals surface area contributed by atoms with Crippen LogP contribution in [0, 0.1) is 6.92 Å². The van der Waals surface area contributed by atoms with E-state index in [-0.39, 0.29) is 23.5 Å². The Balaban J connectivity index is 1.57. The number of carbonyl (C=O) groups is 4. The fourth-order valence-electron chi connectivity index (χ4n) is 3.62. The second-order valence-electron chi connectivity index (χ2n) is 8.04. The number of hydrogen-bond donors (Lipinski definition) is 4. The van der Waals surface area contributed by atoms with Crippen LogP contribution < -0.4 is 10.6 Å². The summed E-state index contributed by atoms with van der Waals surface area (Å²) in [6.07, 6.45) is 0. The van der Waals surface area contributed by atoms with Crippen LogP contribution in [0.3, 0.4) is 0 Å². The molecule has 0 unspecified atom stereocenters. The van der Waals surface area contributed by atoms with Gasteiger partial charge < -0.3 is 25.4 Å². The molecule has 4 rings (SSSR count). The number of benzene rings is 3. The summed E-state index contributed by atoms with van der Waals surface area (Å²) in [6, 6.07) is 19.4. The summed E-state index contributed by atoms with van der Waals surface area (Å²) < 4.78 is 1.32. The topological polar surface area (TPSA) is 162 Å². The van der Waals surface area contributed by atoms with E-state index in [1.54, 1.807) is 42.5 Å². The summed E-state index contributed by atoms with van der Waals surface area (Å²) >= 11 is 0. The number of aromatic nitrogens is 1. The van der Waals surface area contributed by atoms with Crippen molar-refractivity contribution in [2.24, 2.45) is 10.2 Å². The molecule has 37 heavy (non-hydrogen) atoms. The molecule has 1 heterocycles. The molecule has 0 spiro atoms. The monoisotopic (exact) mass is 499 g/mol. The van der Waals surface area contributed by atoms with Crippen LogP contribution in [0.5, 0.6) is 5.88 Å². The van der Waals surface area contributed by atoms with E-state index in [2.05, 4.69) is 20.9 Å². The Kier molecular flexibility index (Phi) is 7.05. The van der Waals surface area contributed by atoms with Gasteiger partial charge in [0.2, 0.25) is 11.8 Å². The molecule has 0 aliphatic carbocycles. The van der Waals surface area contributed by atoms with Crippen LogP contribution in [0.4, 0.5) is 17.1 Å². The first kappa shape index (κ1) is 24.8. The number of fused-ring (bicyclic) bond motifs is 1. The van der Waals surface area contributed by atoms with Gasteiger partial charge in [-0.15, -0.1) is 10.2 Å². The lowest BCUT2D eigenvalue weighted by Gasteiger charge is -2.08. The normalized spacial score (nSPS) is 10.9. The van der Waals surface area contributed by atoms with E-state index in [9.17, 15) is 24.3 Å². The first-order valence-corrected chi connectivity index (χ1v) is 11.0. The average molecular weight is 499 g/mol. The average Bonchev–Trinajstić information content (AvgIpc) is 3.12. The largest absolute Gasteiger partial charge is 0.493 e. The molecule has 0 fully saturated rings. The zero-order chi connectivity index (χ0) is 26.5. The van der Waals surface area contributed by atoms with E-state index in [0.717, 1.165) is 5.56 Å². The third kappa shape index (κ3) is 5.68. The molecule has 0 aliphatic rings. The fraction of sp³-hybridized carbons (Fsp3) is 0.0769. The minimum absolute atomic E-state index is 0.0729. The highest BCUT2D eigenvalue weighted by Crippen LogP contribution is 2.39. The summed E-state index contributed by atoms with van der Waals surface area (Å²) in [7, 11) is 0. The standard InChI is InChI=1S/C26H21N5O6/c1-15-10-11-20-19(12-15)22(25(35)31(20)14-21(32)27-17-7-3-2-4-8-17)29-30-24(34)23(33)28-18-9-5-6-16(13-18)26(36)37/h2-13,35H,14H2,1H3,(H,27,32)(H,28,33)(H,36,37).